The highest BCUT2D eigenvalue weighted by atomic mass is 32.2. The second-order valence-electron chi connectivity index (χ2n) is 4.44. The normalized spacial score (nSPS) is 13.8. The summed E-state index contributed by atoms with van der Waals surface area (Å²) in [7, 11) is -1.32. The van der Waals surface area contributed by atoms with Crippen LogP contribution in [0.15, 0.2) is 59.5 Å². The molecule has 2 atom stereocenters. The Hall–Kier alpha value is -1.74. The van der Waals surface area contributed by atoms with E-state index in [4.69, 9.17) is 0 Å². The van der Waals surface area contributed by atoms with Gasteiger partial charge in [-0.2, -0.15) is 0 Å². The van der Waals surface area contributed by atoms with Gasteiger partial charge in [0.25, 0.3) is 0 Å². The van der Waals surface area contributed by atoms with E-state index in [9.17, 15) is 9.00 Å². The lowest BCUT2D eigenvalue weighted by molar-refractivity contribution is 0.0992. The Morgan fingerprint density at radius 1 is 1.00 bits per heavy atom. The van der Waals surface area contributed by atoms with Gasteiger partial charge >= 0.3 is 0 Å². The Bertz CT molecular complexity index is 605. The third-order valence-corrected chi connectivity index (χ3v) is 4.81. The lowest BCUT2D eigenvalue weighted by atomic mass is 10.1. The van der Waals surface area contributed by atoms with Gasteiger partial charge in [0.1, 0.15) is 0 Å². The summed E-state index contributed by atoms with van der Waals surface area (Å²) in [4.78, 5) is 13.0. The maximum Gasteiger partial charge on any atom is 0.178 e. The van der Waals surface area contributed by atoms with Crippen molar-refractivity contribution >= 4 is 16.6 Å². The first kappa shape index (κ1) is 13.7. The molecule has 98 valence electrons. The van der Waals surface area contributed by atoms with Gasteiger partial charge in [-0.1, -0.05) is 48.5 Å². The molecule has 3 heteroatoms. The number of hydrogen-bond acceptors (Lipinski definition) is 2. The summed E-state index contributed by atoms with van der Waals surface area (Å²) in [5.41, 5.74) is 1.56. The van der Waals surface area contributed by atoms with Crippen LogP contribution in [0.3, 0.4) is 0 Å². The molecule has 0 heterocycles. The van der Waals surface area contributed by atoms with Crippen molar-refractivity contribution in [2.45, 2.75) is 24.0 Å². The van der Waals surface area contributed by atoms with Crippen molar-refractivity contribution in [3.05, 3.63) is 65.7 Å². The third kappa shape index (κ3) is 2.99. The van der Waals surface area contributed by atoms with E-state index in [1.165, 1.54) is 0 Å². The molecule has 2 nitrogen and oxygen atoms in total. The molecule has 0 aliphatic heterocycles. The Morgan fingerprint density at radius 3 is 2.21 bits per heavy atom. The van der Waals surface area contributed by atoms with Crippen LogP contribution in [0.5, 0.6) is 0 Å². The van der Waals surface area contributed by atoms with E-state index in [-0.39, 0.29) is 5.78 Å². The highest BCUT2D eigenvalue weighted by molar-refractivity contribution is 7.86. The number of benzene rings is 2. The maximum absolute atomic E-state index is 12.5. The Labute approximate surface area is 115 Å². The van der Waals surface area contributed by atoms with Crippen LogP contribution in [0.25, 0.3) is 0 Å². The minimum atomic E-state index is -1.32. The Kier molecular flexibility index (Phi) is 4.27. The minimum absolute atomic E-state index is 0.0813. The molecule has 0 aromatic heterocycles. The summed E-state index contributed by atoms with van der Waals surface area (Å²) >= 11 is 0. The number of ketones is 1. The van der Waals surface area contributed by atoms with E-state index in [2.05, 4.69) is 0 Å². The molecule has 0 aliphatic rings. The van der Waals surface area contributed by atoms with E-state index >= 15 is 0 Å². The second kappa shape index (κ2) is 5.93. The van der Waals surface area contributed by atoms with Crippen LogP contribution in [0, 0.1) is 6.92 Å². The lowest BCUT2D eigenvalue weighted by Gasteiger charge is -2.12. The molecule has 0 N–H and O–H groups in total. The van der Waals surface area contributed by atoms with Crippen molar-refractivity contribution in [2.75, 3.05) is 0 Å². The fraction of sp³-hybridized carbons (Fsp3) is 0.188. The lowest BCUT2D eigenvalue weighted by Crippen LogP contribution is -2.23. The molecule has 0 saturated carbocycles. The number of aryl methyl sites for hydroxylation is 1. The first-order valence-corrected chi connectivity index (χ1v) is 7.38. The predicted molar refractivity (Wildman–Crippen MR) is 77.8 cm³/mol. The summed E-state index contributed by atoms with van der Waals surface area (Å²) in [6.07, 6.45) is 0. The molecule has 2 aromatic carbocycles. The molecule has 0 spiro atoms. The van der Waals surface area contributed by atoms with Crippen LogP contribution in [-0.2, 0) is 10.8 Å². The van der Waals surface area contributed by atoms with Crippen LogP contribution in [0.2, 0.25) is 0 Å². The topological polar surface area (TPSA) is 34.1 Å². The van der Waals surface area contributed by atoms with Crippen molar-refractivity contribution in [1.29, 1.82) is 0 Å². The minimum Gasteiger partial charge on any atom is -0.293 e. The summed E-state index contributed by atoms with van der Waals surface area (Å²) in [5, 5.41) is -0.538. The molecule has 0 bridgehead atoms. The van der Waals surface area contributed by atoms with Crippen molar-refractivity contribution in [1.82, 2.24) is 0 Å². The predicted octanol–water partition coefficient (Wildman–Crippen LogP) is 3.37. The van der Waals surface area contributed by atoms with E-state index in [1.54, 1.807) is 19.1 Å². The molecular formula is C16H16O2S. The third-order valence-electron chi connectivity index (χ3n) is 3.06. The molecule has 0 radical (unpaired) electrons. The van der Waals surface area contributed by atoms with E-state index < -0.39 is 16.0 Å². The van der Waals surface area contributed by atoms with Gasteiger partial charge < -0.3 is 0 Å². The van der Waals surface area contributed by atoms with Crippen LogP contribution in [0.1, 0.15) is 22.8 Å². The van der Waals surface area contributed by atoms with Crippen LogP contribution in [-0.4, -0.2) is 15.2 Å². The molecule has 0 aliphatic carbocycles. The van der Waals surface area contributed by atoms with Crippen molar-refractivity contribution in [3.63, 3.8) is 0 Å². The molecule has 0 saturated heterocycles. The van der Waals surface area contributed by atoms with Crippen molar-refractivity contribution in [3.8, 4) is 0 Å². The first-order valence-electron chi connectivity index (χ1n) is 6.16. The molecule has 0 fully saturated rings. The van der Waals surface area contributed by atoms with Crippen LogP contribution < -0.4 is 0 Å². The van der Waals surface area contributed by atoms with Crippen molar-refractivity contribution in [2.24, 2.45) is 0 Å². The van der Waals surface area contributed by atoms with E-state index in [0.29, 0.717) is 5.56 Å². The number of carbonyl (C=O) groups is 1. The van der Waals surface area contributed by atoms with E-state index in [0.717, 1.165) is 10.5 Å². The monoisotopic (exact) mass is 272 g/mol. The quantitative estimate of drug-likeness (QED) is 0.800. The fourth-order valence-electron chi connectivity index (χ4n) is 1.91. The van der Waals surface area contributed by atoms with Gasteiger partial charge in [-0.3, -0.25) is 9.00 Å². The maximum atomic E-state index is 12.5. The number of Topliss-reactive ketones (excluding diaryl/α,β-unsaturated/α-hetero) is 1. The summed E-state index contributed by atoms with van der Waals surface area (Å²) in [5.74, 6) is -0.0813. The number of rotatable bonds is 4. The Balaban J connectivity index is 2.26. The van der Waals surface area contributed by atoms with Gasteiger partial charge in [-0.05, 0) is 25.5 Å². The number of carbonyl (C=O) groups excluding carboxylic acids is 1. The van der Waals surface area contributed by atoms with Gasteiger partial charge in [0.2, 0.25) is 0 Å². The molecular weight excluding hydrogens is 256 g/mol. The highest BCUT2D eigenvalue weighted by Gasteiger charge is 2.23. The average molecular weight is 272 g/mol. The zero-order chi connectivity index (χ0) is 13.8. The molecule has 2 rings (SSSR count). The zero-order valence-electron chi connectivity index (χ0n) is 11.0. The molecule has 2 unspecified atom stereocenters. The van der Waals surface area contributed by atoms with Gasteiger partial charge in [0, 0.05) is 10.5 Å². The van der Waals surface area contributed by atoms with Crippen molar-refractivity contribution < 1.29 is 9.00 Å². The van der Waals surface area contributed by atoms with Gasteiger partial charge in [0.15, 0.2) is 5.78 Å². The summed E-state index contributed by atoms with van der Waals surface area (Å²) < 4.78 is 12.5. The van der Waals surface area contributed by atoms with Gasteiger partial charge in [0.05, 0.1) is 16.0 Å². The molecule has 2 aromatic rings. The zero-order valence-corrected chi connectivity index (χ0v) is 11.8. The molecule has 19 heavy (non-hydrogen) atoms. The largest absolute Gasteiger partial charge is 0.293 e. The smallest absolute Gasteiger partial charge is 0.178 e. The SMILES string of the molecule is Cc1ccccc1S(=O)C(C)C(=O)c1ccccc1. The van der Waals surface area contributed by atoms with Crippen LogP contribution >= 0.6 is 0 Å². The average Bonchev–Trinajstić information content (AvgIpc) is 2.46. The summed E-state index contributed by atoms with van der Waals surface area (Å²) in [6, 6.07) is 16.5. The van der Waals surface area contributed by atoms with Crippen LogP contribution in [0.4, 0.5) is 0 Å². The first-order chi connectivity index (χ1) is 9.11. The molecule has 0 amide bonds. The number of hydrogen-bond donors (Lipinski definition) is 0. The second-order valence-corrected chi connectivity index (χ2v) is 6.18. The standard InChI is InChI=1S/C16H16O2S/c1-12-8-6-7-11-15(12)19(18)13(2)16(17)14-9-4-3-5-10-14/h3-11,13H,1-2H3. The Morgan fingerprint density at radius 2 is 1.58 bits per heavy atom. The van der Waals surface area contributed by atoms with Gasteiger partial charge in [-0.25, -0.2) is 0 Å². The summed E-state index contributed by atoms with van der Waals surface area (Å²) in [6.45, 7) is 3.63. The van der Waals surface area contributed by atoms with Gasteiger partial charge in [-0.15, -0.1) is 0 Å². The van der Waals surface area contributed by atoms with E-state index in [1.807, 2.05) is 49.4 Å². The fourth-order valence-corrected chi connectivity index (χ4v) is 3.22. The highest BCUT2D eigenvalue weighted by Crippen LogP contribution is 2.18.